The van der Waals surface area contributed by atoms with E-state index in [4.69, 9.17) is 0 Å². The molecule has 1 heterocycles. The molecule has 3 rings (SSSR count). The van der Waals surface area contributed by atoms with Crippen molar-refractivity contribution in [3.63, 3.8) is 0 Å². The van der Waals surface area contributed by atoms with Crippen LogP contribution in [0.15, 0.2) is 10.4 Å². The number of rotatable bonds is 4. The molecule has 2 N–H and O–H groups in total. The highest BCUT2D eigenvalue weighted by Gasteiger charge is 2.26. The molecule has 0 saturated heterocycles. The summed E-state index contributed by atoms with van der Waals surface area (Å²) in [6, 6.07) is 0.638. The zero-order valence-electron chi connectivity index (χ0n) is 10.5. The van der Waals surface area contributed by atoms with Gasteiger partial charge in [-0.1, -0.05) is 0 Å². The van der Waals surface area contributed by atoms with Gasteiger partial charge in [-0.15, -0.1) is 35.3 Å². The highest BCUT2D eigenvalue weighted by atomic mass is 127. The van der Waals surface area contributed by atoms with Crippen LogP contribution in [0.4, 0.5) is 0 Å². The number of hydrogen-bond donors (Lipinski definition) is 2. The molecule has 100 valence electrons. The molecule has 0 radical (unpaired) electrons. The van der Waals surface area contributed by atoms with Gasteiger partial charge in [0, 0.05) is 24.4 Å². The van der Waals surface area contributed by atoms with Gasteiger partial charge in [-0.05, 0) is 25.7 Å². The number of hydrogen-bond acceptors (Lipinski definition) is 3. The topological polar surface area (TPSA) is 49.3 Å². The first-order chi connectivity index (χ1) is 8.35. The van der Waals surface area contributed by atoms with Gasteiger partial charge in [0.25, 0.3) is 0 Å². The van der Waals surface area contributed by atoms with Gasteiger partial charge < -0.3 is 10.6 Å². The molecular weight excluding hydrogens is 359 g/mol. The lowest BCUT2D eigenvalue weighted by molar-refractivity contribution is 0.798. The summed E-state index contributed by atoms with van der Waals surface area (Å²) in [6.45, 7) is 0.782. The van der Waals surface area contributed by atoms with E-state index >= 15 is 0 Å². The maximum absolute atomic E-state index is 4.65. The molecule has 1 aromatic heterocycles. The van der Waals surface area contributed by atoms with Crippen molar-refractivity contribution < 1.29 is 0 Å². The third-order valence-corrected chi connectivity index (χ3v) is 3.98. The van der Waals surface area contributed by atoms with E-state index in [1.54, 1.807) is 11.3 Å². The molecule has 2 saturated carbocycles. The van der Waals surface area contributed by atoms with E-state index in [0.29, 0.717) is 6.04 Å². The van der Waals surface area contributed by atoms with Crippen molar-refractivity contribution in [2.45, 2.75) is 44.2 Å². The van der Waals surface area contributed by atoms with Crippen LogP contribution >= 0.6 is 35.3 Å². The van der Waals surface area contributed by atoms with Crippen LogP contribution < -0.4 is 10.6 Å². The summed E-state index contributed by atoms with van der Waals surface area (Å²) in [4.78, 5) is 8.86. The first kappa shape index (κ1) is 14.0. The second-order valence-corrected chi connectivity index (χ2v) is 5.73. The summed E-state index contributed by atoms with van der Waals surface area (Å²) in [7, 11) is 1.81. The van der Waals surface area contributed by atoms with E-state index in [0.717, 1.165) is 23.4 Å². The molecule has 2 fully saturated rings. The van der Waals surface area contributed by atoms with Crippen molar-refractivity contribution in [3.05, 3.63) is 16.1 Å². The summed E-state index contributed by atoms with van der Waals surface area (Å²) in [6.07, 6.45) is 5.18. The largest absolute Gasteiger partial charge is 0.354 e. The van der Waals surface area contributed by atoms with Crippen molar-refractivity contribution in [1.82, 2.24) is 15.6 Å². The Morgan fingerprint density at radius 3 is 2.83 bits per heavy atom. The fourth-order valence-corrected chi connectivity index (χ4v) is 2.56. The first-order valence-corrected chi connectivity index (χ1v) is 7.14. The van der Waals surface area contributed by atoms with Crippen LogP contribution in [0.5, 0.6) is 0 Å². The van der Waals surface area contributed by atoms with Crippen LogP contribution in [0, 0.1) is 0 Å². The van der Waals surface area contributed by atoms with Gasteiger partial charge in [0.15, 0.2) is 5.96 Å². The quantitative estimate of drug-likeness (QED) is 0.481. The third kappa shape index (κ3) is 3.81. The van der Waals surface area contributed by atoms with Crippen LogP contribution in [0.3, 0.4) is 0 Å². The molecule has 18 heavy (non-hydrogen) atoms. The normalized spacial score (nSPS) is 19.3. The van der Waals surface area contributed by atoms with Gasteiger partial charge in [-0.25, -0.2) is 4.98 Å². The van der Waals surface area contributed by atoms with Crippen LogP contribution in [0.2, 0.25) is 0 Å². The van der Waals surface area contributed by atoms with Crippen molar-refractivity contribution >= 4 is 41.3 Å². The van der Waals surface area contributed by atoms with Crippen LogP contribution in [0.1, 0.15) is 42.3 Å². The van der Waals surface area contributed by atoms with Crippen molar-refractivity contribution in [2.75, 3.05) is 7.05 Å². The summed E-state index contributed by atoms with van der Waals surface area (Å²) in [5.74, 6) is 1.65. The lowest BCUT2D eigenvalue weighted by atomic mass is 10.3. The minimum Gasteiger partial charge on any atom is -0.354 e. The lowest BCUT2D eigenvalue weighted by Crippen LogP contribution is -2.38. The second kappa shape index (κ2) is 6.18. The molecular formula is C12H19IN4S. The summed E-state index contributed by atoms with van der Waals surface area (Å²) >= 11 is 1.75. The third-order valence-electron chi connectivity index (χ3n) is 3.11. The predicted molar refractivity (Wildman–Crippen MR) is 85.9 cm³/mol. The van der Waals surface area contributed by atoms with E-state index in [9.17, 15) is 0 Å². The van der Waals surface area contributed by atoms with Crippen molar-refractivity contribution in [2.24, 2.45) is 4.99 Å². The Morgan fingerprint density at radius 1 is 1.44 bits per heavy atom. The maximum Gasteiger partial charge on any atom is 0.191 e. The van der Waals surface area contributed by atoms with Gasteiger partial charge in [-0.2, -0.15) is 0 Å². The molecule has 0 aromatic carbocycles. The zero-order valence-corrected chi connectivity index (χ0v) is 13.6. The Balaban J connectivity index is 0.00000120. The van der Waals surface area contributed by atoms with E-state index in [2.05, 4.69) is 26.0 Å². The first-order valence-electron chi connectivity index (χ1n) is 6.26. The summed E-state index contributed by atoms with van der Waals surface area (Å²) in [5, 5.41) is 10.0. The molecule has 0 atom stereocenters. The number of guanidine groups is 1. The van der Waals surface area contributed by atoms with E-state index in [1.165, 1.54) is 31.4 Å². The number of nitrogens with one attached hydrogen (secondary N) is 2. The van der Waals surface area contributed by atoms with Crippen LogP contribution in [0.25, 0.3) is 0 Å². The molecule has 0 spiro atoms. The van der Waals surface area contributed by atoms with Gasteiger partial charge in [0.05, 0.1) is 12.2 Å². The monoisotopic (exact) mass is 378 g/mol. The lowest BCUT2D eigenvalue weighted by Gasteiger charge is -2.09. The Kier molecular flexibility index (Phi) is 4.83. The van der Waals surface area contributed by atoms with E-state index in [-0.39, 0.29) is 24.0 Å². The Hall–Kier alpha value is -0.370. The molecule has 6 heteroatoms. The van der Waals surface area contributed by atoms with E-state index in [1.807, 2.05) is 7.05 Å². The maximum atomic E-state index is 4.65. The standard InChI is InChI=1S/C12H18N4S.HI/c1-13-12(15-9-4-5-9)14-6-11-16-10(7-17-11)8-2-3-8;/h7-9H,2-6H2,1H3,(H2,13,14,15);1H. The average Bonchev–Trinajstić information content (AvgIpc) is 3.26. The van der Waals surface area contributed by atoms with E-state index < -0.39 is 0 Å². The van der Waals surface area contributed by atoms with Crippen molar-refractivity contribution in [3.8, 4) is 0 Å². The van der Waals surface area contributed by atoms with Gasteiger partial charge in [0.1, 0.15) is 5.01 Å². The average molecular weight is 378 g/mol. The fourth-order valence-electron chi connectivity index (χ4n) is 1.75. The highest BCUT2D eigenvalue weighted by molar-refractivity contribution is 14.0. The number of thiazole rings is 1. The van der Waals surface area contributed by atoms with Crippen LogP contribution in [-0.2, 0) is 6.54 Å². The molecule has 2 aliphatic rings. The number of nitrogens with zero attached hydrogens (tertiary/aromatic N) is 2. The molecule has 1 aromatic rings. The van der Waals surface area contributed by atoms with Crippen molar-refractivity contribution in [1.29, 1.82) is 0 Å². The Morgan fingerprint density at radius 2 is 2.22 bits per heavy atom. The Labute approximate surface area is 129 Å². The SMILES string of the molecule is CN=C(NCc1nc(C2CC2)cs1)NC1CC1.I. The van der Waals surface area contributed by atoms with Gasteiger partial charge in [0.2, 0.25) is 0 Å². The van der Waals surface area contributed by atoms with Gasteiger partial charge >= 0.3 is 0 Å². The predicted octanol–water partition coefficient (Wildman–Crippen LogP) is 2.47. The van der Waals surface area contributed by atoms with Crippen LogP contribution in [-0.4, -0.2) is 24.0 Å². The number of halogens is 1. The summed E-state index contributed by atoms with van der Waals surface area (Å²) in [5.41, 5.74) is 1.29. The number of aromatic nitrogens is 1. The summed E-state index contributed by atoms with van der Waals surface area (Å²) < 4.78 is 0. The molecule has 0 bridgehead atoms. The molecule has 0 amide bonds. The second-order valence-electron chi connectivity index (χ2n) is 4.78. The molecule has 2 aliphatic carbocycles. The molecule has 0 unspecified atom stereocenters. The minimum absolute atomic E-state index is 0. The Bertz CT molecular complexity index is 423. The molecule has 0 aliphatic heterocycles. The molecule has 4 nitrogen and oxygen atoms in total. The highest BCUT2D eigenvalue weighted by Crippen LogP contribution is 2.40. The zero-order chi connectivity index (χ0) is 11.7. The number of aliphatic imine (C=N–C) groups is 1. The fraction of sp³-hybridized carbons (Fsp3) is 0.667. The smallest absolute Gasteiger partial charge is 0.191 e. The van der Waals surface area contributed by atoms with Gasteiger partial charge in [-0.3, -0.25) is 4.99 Å². The minimum atomic E-state index is 0.